The Morgan fingerprint density at radius 3 is 2.43 bits per heavy atom. The quantitative estimate of drug-likeness (QED) is 0.434. The molecular formula is C23H16ClNO3. The van der Waals surface area contributed by atoms with Crippen LogP contribution < -0.4 is 4.74 Å². The molecule has 0 unspecified atom stereocenters. The van der Waals surface area contributed by atoms with E-state index in [1.807, 2.05) is 30.3 Å². The van der Waals surface area contributed by atoms with Crippen LogP contribution in [0, 0.1) is 11.3 Å². The summed E-state index contributed by atoms with van der Waals surface area (Å²) < 4.78 is 5.69. The standard InChI is InChI=1S/C23H16ClNO3/c24-20-9-7-18(8-10-20)19(14-25)12-17-6-11-22(21(13-17)23(26)27)28-15-16-4-2-1-3-5-16/h1-13H,15H2,(H,26,27)/b19-12+. The summed E-state index contributed by atoms with van der Waals surface area (Å²) in [5.41, 5.74) is 2.69. The van der Waals surface area contributed by atoms with Crippen molar-refractivity contribution in [2.45, 2.75) is 6.61 Å². The van der Waals surface area contributed by atoms with Gasteiger partial charge in [0, 0.05) is 5.02 Å². The summed E-state index contributed by atoms with van der Waals surface area (Å²) in [5.74, 6) is -0.818. The van der Waals surface area contributed by atoms with Crippen LogP contribution in [0.3, 0.4) is 0 Å². The maximum Gasteiger partial charge on any atom is 0.339 e. The second kappa shape index (κ2) is 8.90. The zero-order valence-corrected chi connectivity index (χ0v) is 15.6. The Morgan fingerprint density at radius 1 is 1.07 bits per heavy atom. The minimum atomic E-state index is -1.09. The van der Waals surface area contributed by atoms with Gasteiger partial charge in [0.15, 0.2) is 0 Å². The predicted octanol–water partition coefficient (Wildman–Crippen LogP) is 5.68. The Kier molecular flexibility index (Phi) is 6.11. The molecule has 3 rings (SSSR count). The highest BCUT2D eigenvalue weighted by Gasteiger charge is 2.13. The number of nitriles is 1. The first-order valence-electron chi connectivity index (χ1n) is 8.48. The van der Waals surface area contributed by atoms with E-state index in [0.717, 1.165) is 5.56 Å². The average Bonchev–Trinajstić information content (AvgIpc) is 2.72. The number of carboxylic acids is 1. The first-order valence-corrected chi connectivity index (χ1v) is 8.86. The van der Waals surface area contributed by atoms with Crippen LogP contribution in [0.2, 0.25) is 5.02 Å². The van der Waals surface area contributed by atoms with Crippen molar-refractivity contribution in [1.82, 2.24) is 0 Å². The predicted molar refractivity (Wildman–Crippen MR) is 109 cm³/mol. The summed E-state index contributed by atoms with van der Waals surface area (Å²) in [6.07, 6.45) is 1.64. The highest BCUT2D eigenvalue weighted by Crippen LogP contribution is 2.25. The van der Waals surface area contributed by atoms with Crippen LogP contribution in [0.1, 0.15) is 27.0 Å². The molecule has 0 spiro atoms. The molecule has 5 heteroatoms. The highest BCUT2D eigenvalue weighted by molar-refractivity contribution is 6.30. The van der Waals surface area contributed by atoms with Crippen molar-refractivity contribution in [3.8, 4) is 11.8 Å². The molecule has 0 aliphatic carbocycles. The van der Waals surface area contributed by atoms with Gasteiger partial charge in [-0.15, -0.1) is 0 Å². The molecule has 28 heavy (non-hydrogen) atoms. The van der Waals surface area contributed by atoms with Gasteiger partial charge < -0.3 is 9.84 Å². The van der Waals surface area contributed by atoms with Gasteiger partial charge in [0.25, 0.3) is 0 Å². The molecule has 0 aliphatic rings. The number of rotatable bonds is 6. The van der Waals surface area contributed by atoms with Crippen molar-refractivity contribution >= 4 is 29.2 Å². The van der Waals surface area contributed by atoms with Gasteiger partial charge in [-0.25, -0.2) is 4.79 Å². The second-order valence-corrected chi connectivity index (χ2v) is 6.45. The zero-order chi connectivity index (χ0) is 19.9. The van der Waals surface area contributed by atoms with Crippen LogP contribution in [-0.4, -0.2) is 11.1 Å². The van der Waals surface area contributed by atoms with E-state index in [2.05, 4.69) is 6.07 Å². The van der Waals surface area contributed by atoms with Gasteiger partial charge in [-0.2, -0.15) is 5.26 Å². The van der Waals surface area contributed by atoms with E-state index >= 15 is 0 Å². The largest absolute Gasteiger partial charge is 0.488 e. The molecule has 0 fully saturated rings. The van der Waals surface area contributed by atoms with Crippen LogP contribution in [0.25, 0.3) is 11.6 Å². The number of allylic oxidation sites excluding steroid dienone is 1. The smallest absolute Gasteiger partial charge is 0.339 e. The van der Waals surface area contributed by atoms with Crippen molar-refractivity contribution in [1.29, 1.82) is 5.26 Å². The normalized spacial score (nSPS) is 10.9. The molecule has 0 heterocycles. The first-order chi connectivity index (χ1) is 13.6. The summed E-state index contributed by atoms with van der Waals surface area (Å²) in [4.78, 5) is 11.7. The van der Waals surface area contributed by atoms with E-state index in [1.165, 1.54) is 6.07 Å². The summed E-state index contributed by atoms with van der Waals surface area (Å²) >= 11 is 5.89. The zero-order valence-electron chi connectivity index (χ0n) is 14.8. The van der Waals surface area contributed by atoms with Crippen molar-refractivity contribution in [2.24, 2.45) is 0 Å². The summed E-state index contributed by atoms with van der Waals surface area (Å²) in [6, 6.07) is 23.3. The van der Waals surface area contributed by atoms with E-state index in [1.54, 1.807) is 42.5 Å². The SMILES string of the molecule is N#C/C(=C\c1ccc(OCc2ccccc2)c(C(=O)O)c1)c1ccc(Cl)cc1. The molecule has 0 atom stereocenters. The monoisotopic (exact) mass is 389 g/mol. The number of nitrogens with zero attached hydrogens (tertiary/aromatic N) is 1. The van der Waals surface area contributed by atoms with Crippen molar-refractivity contribution < 1.29 is 14.6 Å². The fourth-order valence-electron chi connectivity index (χ4n) is 2.64. The average molecular weight is 390 g/mol. The lowest BCUT2D eigenvalue weighted by Crippen LogP contribution is -2.04. The topological polar surface area (TPSA) is 70.3 Å². The van der Waals surface area contributed by atoms with Gasteiger partial charge in [0.1, 0.15) is 17.9 Å². The van der Waals surface area contributed by atoms with Crippen molar-refractivity contribution in [3.63, 3.8) is 0 Å². The lowest BCUT2D eigenvalue weighted by molar-refractivity contribution is 0.0691. The number of hydrogen-bond donors (Lipinski definition) is 1. The third-order valence-electron chi connectivity index (χ3n) is 4.06. The molecular weight excluding hydrogens is 374 g/mol. The fraction of sp³-hybridized carbons (Fsp3) is 0.0435. The lowest BCUT2D eigenvalue weighted by atomic mass is 10.0. The molecule has 0 amide bonds. The number of carbonyl (C=O) groups is 1. The maximum absolute atomic E-state index is 11.7. The molecule has 0 aliphatic heterocycles. The van der Waals surface area contributed by atoms with E-state index in [0.29, 0.717) is 21.7 Å². The Hall–Kier alpha value is -3.55. The Bertz CT molecular complexity index is 1050. The number of benzene rings is 3. The molecule has 0 radical (unpaired) electrons. The Morgan fingerprint density at radius 2 is 1.79 bits per heavy atom. The first kappa shape index (κ1) is 19.2. The van der Waals surface area contributed by atoms with Crippen LogP contribution in [0.4, 0.5) is 0 Å². The van der Waals surface area contributed by atoms with Gasteiger partial charge in [-0.05, 0) is 47.0 Å². The molecule has 0 saturated carbocycles. The summed E-state index contributed by atoms with van der Waals surface area (Å²) in [5, 5.41) is 19.6. The number of halogens is 1. The minimum absolute atomic E-state index is 0.0399. The van der Waals surface area contributed by atoms with Crippen LogP contribution in [-0.2, 0) is 6.61 Å². The number of hydrogen-bond acceptors (Lipinski definition) is 3. The van der Waals surface area contributed by atoms with Crippen LogP contribution in [0.15, 0.2) is 72.8 Å². The van der Waals surface area contributed by atoms with Gasteiger partial charge >= 0.3 is 5.97 Å². The molecule has 3 aromatic rings. The van der Waals surface area contributed by atoms with Crippen LogP contribution >= 0.6 is 11.6 Å². The molecule has 0 aromatic heterocycles. The third-order valence-corrected chi connectivity index (χ3v) is 4.31. The molecule has 4 nitrogen and oxygen atoms in total. The molecule has 1 N–H and O–H groups in total. The van der Waals surface area contributed by atoms with Gasteiger partial charge in [0.05, 0.1) is 11.6 Å². The number of aromatic carboxylic acids is 1. The second-order valence-electron chi connectivity index (χ2n) is 6.01. The van der Waals surface area contributed by atoms with Crippen molar-refractivity contribution in [3.05, 3.63) is 100 Å². The molecule has 138 valence electrons. The summed E-state index contributed by atoms with van der Waals surface area (Å²) in [7, 11) is 0. The Balaban J connectivity index is 1.88. The van der Waals surface area contributed by atoms with E-state index in [9.17, 15) is 15.2 Å². The fourth-order valence-corrected chi connectivity index (χ4v) is 2.77. The van der Waals surface area contributed by atoms with E-state index < -0.39 is 5.97 Å². The number of carboxylic acid groups (broad SMARTS) is 1. The van der Waals surface area contributed by atoms with E-state index in [4.69, 9.17) is 16.3 Å². The molecule has 0 bridgehead atoms. The maximum atomic E-state index is 11.7. The van der Waals surface area contributed by atoms with Gasteiger partial charge in [-0.1, -0.05) is 60.1 Å². The number of ether oxygens (including phenoxy) is 1. The third kappa shape index (κ3) is 4.79. The minimum Gasteiger partial charge on any atom is -0.488 e. The molecule has 3 aromatic carbocycles. The molecule has 0 saturated heterocycles. The highest BCUT2D eigenvalue weighted by atomic mass is 35.5. The van der Waals surface area contributed by atoms with Gasteiger partial charge in [0.2, 0.25) is 0 Å². The van der Waals surface area contributed by atoms with Gasteiger partial charge in [-0.3, -0.25) is 0 Å². The van der Waals surface area contributed by atoms with E-state index in [-0.39, 0.29) is 17.9 Å². The Labute approximate surface area is 167 Å². The van der Waals surface area contributed by atoms with Crippen LogP contribution in [0.5, 0.6) is 5.75 Å². The van der Waals surface area contributed by atoms with Crippen molar-refractivity contribution in [2.75, 3.05) is 0 Å². The lowest BCUT2D eigenvalue weighted by Gasteiger charge is -2.10. The summed E-state index contributed by atoms with van der Waals surface area (Å²) in [6.45, 7) is 0.268.